The molecule has 2 nitrogen and oxygen atoms in total. The van der Waals surface area contributed by atoms with E-state index in [2.05, 4.69) is 20.9 Å². The molecule has 0 saturated heterocycles. The summed E-state index contributed by atoms with van der Waals surface area (Å²) in [6.45, 7) is 0. The van der Waals surface area contributed by atoms with Crippen molar-refractivity contribution in [1.29, 1.82) is 0 Å². The van der Waals surface area contributed by atoms with Crippen molar-refractivity contribution >= 4 is 44.0 Å². The lowest BCUT2D eigenvalue weighted by molar-refractivity contribution is 0.103. The van der Waals surface area contributed by atoms with Gasteiger partial charge in [0, 0.05) is 26.2 Å². The standard InChI is InChI=1S/C14H8BrNOS/c15-11-8-18-7-10(11)14(17)13-6-5-9-3-1-2-4-12(9)16-13/h1-8H. The van der Waals surface area contributed by atoms with Crippen molar-refractivity contribution in [2.75, 3.05) is 0 Å². The summed E-state index contributed by atoms with van der Waals surface area (Å²) in [5, 5.41) is 4.77. The molecule has 0 bridgehead atoms. The molecule has 2 heterocycles. The Balaban J connectivity index is 2.10. The molecule has 18 heavy (non-hydrogen) atoms. The van der Waals surface area contributed by atoms with Crippen LogP contribution in [0.15, 0.2) is 51.6 Å². The van der Waals surface area contributed by atoms with Crippen LogP contribution in [0.4, 0.5) is 0 Å². The van der Waals surface area contributed by atoms with Crippen LogP contribution in [-0.4, -0.2) is 10.8 Å². The average molecular weight is 318 g/mol. The number of thiophene rings is 1. The highest BCUT2D eigenvalue weighted by molar-refractivity contribution is 9.10. The molecule has 4 heteroatoms. The first-order valence-corrected chi connectivity index (χ1v) is 7.11. The van der Waals surface area contributed by atoms with E-state index in [0.717, 1.165) is 15.4 Å². The lowest BCUT2D eigenvalue weighted by atomic mass is 10.1. The quantitative estimate of drug-likeness (QED) is 0.660. The fourth-order valence-corrected chi connectivity index (χ4v) is 3.23. The molecule has 3 aromatic rings. The predicted octanol–water partition coefficient (Wildman–Crippen LogP) is 4.29. The minimum Gasteiger partial charge on any atom is -0.287 e. The molecule has 0 unspecified atom stereocenters. The topological polar surface area (TPSA) is 30.0 Å². The van der Waals surface area contributed by atoms with E-state index >= 15 is 0 Å². The maximum absolute atomic E-state index is 12.3. The second-order valence-electron chi connectivity index (χ2n) is 3.85. The smallest absolute Gasteiger partial charge is 0.213 e. The van der Waals surface area contributed by atoms with Gasteiger partial charge in [0.1, 0.15) is 5.69 Å². The summed E-state index contributed by atoms with van der Waals surface area (Å²) in [5.41, 5.74) is 1.99. The summed E-state index contributed by atoms with van der Waals surface area (Å²) in [6.07, 6.45) is 0. The van der Waals surface area contributed by atoms with Gasteiger partial charge < -0.3 is 0 Å². The van der Waals surface area contributed by atoms with Gasteiger partial charge >= 0.3 is 0 Å². The number of aromatic nitrogens is 1. The van der Waals surface area contributed by atoms with Gasteiger partial charge in [-0.2, -0.15) is 11.3 Å². The maximum Gasteiger partial charge on any atom is 0.213 e. The van der Waals surface area contributed by atoms with Gasteiger partial charge in [-0.15, -0.1) is 0 Å². The minimum absolute atomic E-state index is 0.0473. The van der Waals surface area contributed by atoms with Crippen molar-refractivity contribution in [2.24, 2.45) is 0 Å². The van der Waals surface area contributed by atoms with Crippen molar-refractivity contribution in [3.63, 3.8) is 0 Å². The van der Waals surface area contributed by atoms with E-state index in [1.165, 1.54) is 11.3 Å². The van der Waals surface area contributed by atoms with E-state index in [1.54, 1.807) is 6.07 Å². The Kier molecular flexibility index (Phi) is 2.97. The zero-order valence-electron chi connectivity index (χ0n) is 9.26. The summed E-state index contributed by atoms with van der Waals surface area (Å²) in [4.78, 5) is 16.7. The molecule has 0 fully saturated rings. The Morgan fingerprint density at radius 3 is 2.72 bits per heavy atom. The number of pyridine rings is 1. The first kappa shape index (κ1) is 11.6. The zero-order valence-corrected chi connectivity index (χ0v) is 11.7. The largest absolute Gasteiger partial charge is 0.287 e. The summed E-state index contributed by atoms with van der Waals surface area (Å²) in [7, 11) is 0. The number of hydrogen-bond donors (Lipinski definition) is 0. The van der Waals surface area contributed by atoms with Crippen LogP contribution >= 0.6 is 27.3 Å². The molecule has 1 aromatic carbocycles. The molecule has 0 aliphatic rings. The summed E-state index contributed by atoms with van der Waals surface area (Å²) in [6, 6.07) is 11.5. The van der Waals surface area contributed by atoms with Gasteiger partial charge in [0.15, 0.2) is 0 Å². The van der Waals surface area contributed by atoms with Crippen LogP contribution < -0.4 is 0 Å². The number of nitrogens with zero attached hydrogens (tertiary/aromatic N) is 1. The molecule has 2 aromatic heterocycles. The highest BCUT2D eigenvalue weighted by Crippen LogP contribution is 2.24. The molecule has 0 amide bonds. The van der Waals surface area contributed by atoms with Crippen molar-refractivity contribution < 1.29 is 4.79 Å². The fourth-order valence-electron chi connectivity index (χ4n) is 1.77. The van der Waals surface area contributed by atoms with Crippen LogP contribution in [0.2, 0.25) is 0 Å². The number of rotatable bonds is 2. The maximum atomic E-state index is 12.3. The Morgan fingerprint density at radius 2 is 1.94 bits per heavy atom. The lowest BCUT2D eigenvalue weighted by Crippen LogP contribution is -2.03. The van der Waals surface area contributed by atoms with Crippen LogP contribution in [0.3, 0.4) is 0 Å². The third-order valence-corrected chi connectivity index (χ3v) is 4.39. The van der Waals surface area contributed by atoms with Gasteiger partial charge in [0.2, 0.25) is 5.78 Å². The Morgan fingerprint density at radius 1 is 1.11 bits per heavy atom. The van der Waals surface area contributed by atoms with Gasteiger partial charge in [-0.3, -0.25) is 4.79 Å². The summed E-state index contributed by atoms with van der Waals surface area (Å²) < 4.78 is 0.826. The first-order chi connectivity index (χ1) is 8.75. The molecule has 88 valence electrons. The number of ketones is 1. The van der Waals surface area contributed by atoms with E-state index in [-0.39, 0.29) is 5.78 Å². The van der Waals surface area contributed by atoms with E-state index in [0.29, 0.717) is 11.3 Å². The van der Waals surface area contributed by atoms with Gasteiger partial charge in [-0.1, -0.05) is 24.3 Å². The number of para-hydroxylation sites is 1. The van der Waals surface area contributed by atoms with Gasteiger partial charge in [0.25, 0.3) is 0 Å². The Bertz CT molecular complexity index is 735. The molecule has 0 N–H and O–H groups in total. The van der Waals surface area contributed by atoms with Crippen LogP contribution in [0, 0.1) is 0 Å². The number of benzene rings is 1. The number of hydrogen-bond acceptors (Lipinski definition) is 3. The SMILES string of the molecule is O=C(c1ccc2ccccc2n1)c1cscc1Br. The molecule has 0 aliphatic heterocycles. The highest BCUT2D eigenvalue weighted by Gasteiger charge is 2.14. The van der Waals surface area contributed by atoms with E-state index in [1.807, 2.05) is 41.1 Å². The molecule has 3 rings (SSSR count). The fraction of sp³-hybridized carbons (Fsp3) is 0. The first-order valence-electron chi connectivity index (χ1n) is 5.38. The summed E-state index contributed by atoms with van der Waals surface area (Å²) >= 11 is 4.87. The van der Waals surface area contributed by atoms with E-state index in [4.69, 9.17) is 0 Å². The third kappa shape index (κ3) is 1.98. The van der Waals surface area contributed by atoms with E-state index < -0.39 is 0 Å². The molecule has 0 aliphatic carbocycles. The third-order valence-electron chi connectivity index (χ3n) is 2.69. The van der Waals surface area contributed by atoms with Crippen LogP contribution in [0.25, 0.3) is 10.9 Å². The molecule has 0 spiro atoms. The van der Waals surface area contributed by atoms with Crippen molar-refractivity contribution in [3.05, 3.63) is 62.9 Å². The monoisotopic (exact) mass is 317 g/mol. The van der Waals surface area contributed by atoms with Crippen molar-refractivity contribution in [1.82, 2.24) is 4.98 Å². The van der Waals surface area contributed by atoms with E-state index in [9.17, 15) is 4.79 Å². The van der Waals surface area contributed by atoms with Crippen LogP contribution in [0.1, 0.15) is 16.1 Å². The van der Waals surface area contributed by atoms with Crippen molar-refractivity contribution in [3.8, 4) is 0 Å². The molecular weight excluding hydrogens is 310 g/mol. The number of halogens is 1. The molecular formula is C14H8BrNOS. The summed E-state index contributed by atoms with van der Waals surface area (Å²) in [5.74, 6) is -0.0473. The molecule has 0 radical (unpaired) electrons. The van der Waals surface area contributed by atoms with Gasteiger partial charge in [-0.05, 0) is 28.1 Å². The van der Waals surface area contributed by atoms with Crippen molar-refractivity contribution in [2.45, 2.75) is 0 Å². The van der Waals surface area contributed by atoms with Crippen LogP contribution in [0.5, 0.6) is 0 Å². The molecule has 0 atom stereocenters. The zero-order chi connectivity index (χ0) is 12.5. The van der Waals surface area contributed by atoms with Gasteiger partial charge in [-0.25, -0.2) is 4.98 Å². The number of carbonyl (C=O) groups excluding carboxylic acids is 1. The number of carbonyl (C=O) groups is 1. The second-order valence-corrected chi connectivity index (χ2v) is 5.45. The van der Waals surface area contributed by atoms with Crippen LogP contribution in [-0.2, 0) is 0 Å². The normalized spacial score (nSPS) is 10.7. The van der Waals surface area contributed by atoms with Gasteiger partial charge in [0.05, 0.1) is 5.52 Å². The molecule has 0 saturated carbocycles. The Labute approximate surface area is 116 Å². The minimum atomic E-state index is -0.0473. The number of fused-ring (bicyclic) bond motifs is 1. The highest BCUT2D eigenvalue weighted by atomic mass is 79.9. The lowest BCUT2D eigenvalue weighted by Gasteiger charge is -2.01. The Hall–Kier alpha value is -1.52. The average Bonchev–Trinajstić information content (AvgIpc) is 2.83. The second kappa shape index (κ2) is 4.63. The predicted molar refractivity (Wildman–Crippen MR) is 77.2 cm³/mol.